The Morgan fingerprint density at radius 1 is 1.15 bits per heavy atom. The van der Waals surface area contributed by atoms with E-state index in [1.54, 1.807) is 7.11 Å². The van der Waals surface area contributed by atoms with Crippen molar-refractivity contribution in [3.63, 3.8) is 0 Å². The second kappa shape index (κ2) is 7.68. The van der Waals surface area contributed by atoms with E-state index < -0.39 is 0 Å². The standard InChI is InChI=1S/C21H26N2O3/c1-5-14(3)23-20(22-17-10-8-7-9-16(17)21(23)24)15-11-12-18(25-4)19(13-15)26-6-2/h7-14,20,22H,5-6H2,1-4H3/t14-,20+/m1/s1. The number of nitrogens with zero attached hydrogens (tertiary/aromatic N) is 1. The molecule has 0 saturated carbocycles. The number of anilines is 1. The van der Waals surface area contributed by atoms with Crippen molar-refractivity contribution < 1.29 is 14.3 Å². The van der Waals surface area contributed by atoms with Gasteiger partial charge >= 0.3 is 0 Å². The molecule has 0 aliphatic carbocycles. The number of carbonyl (C=O) groups excluding carboxylic acids is 1. The number of hydrogen-bond donors (Lipinski definition) is 1. The quantitative estimate of drug-likeness (QED) is 0.832. The van der Waals surface area contributed by atoms with Crippen molar-refractivity contribution in [1.29, 1.82) is 0 Å². The molecule has 2 atom stereocenters. The first-order valence-corrected chi connectivity index (χ1v) is 9.09. The van der Waals surface area contributed by atoms with Crippen LogP contribution in [0.15, 0.2) is 42.5 Å². The lowest BCUT2D eigenvalue weighted by atomic mass is 10.0. The SMILES string of the molecule is CCOc1cc([C@H]2Nc3ccccc3C(=O)N2[C@H](C)CC)ccc1OC. The third kappa shape index (κ3) is 3.21. The van der Waals surface area contributed by atoms with Crippen LogP contribution in [-0.4, -0.2) is 30.6 Å². The molecule has 1 amide bonds. The van der Waals surface area contributed by atoms with Gasteiger partial charge in [-0.15, -0.1) is 0 Å². The summed E-state index contributed by atoms with van der Waals surface area (Å²) >= 11 is 0. The zero-order chi connectivity index (χ0) is 18.7. The predicted molar refractivity (Wildman–Crippen MR) is 103 cm³/mol. The molecule has 2 aromatic rings. The fourth-order valence-electron chi connectivity index (χ4n) is 3.30. The molecule has 0 unspecified atom stereocenters. The molecule has 138 valence electrons. The normalized spacial score (nSPS) is 17.3. The number of fused-ring (bicyclic) bond motifs is 1. The summed E-state index contributed by atoms with van der Waals surface area (Å²) in [6.45, 7) is 6.66. The van der Waals surface area contributed by atoms with Crippen molar-refractivity contribution in [2.45, 2.75) is 39.4 Å². The van der Waals surface area contributed by atoms with E-state index in [4.69, 9.17) is 9.47 Å². The van der Waals surface area contributed by atoms with E-state index in [2.05, 4.69) is 19.2 Å². The largest absolute Gasteiger partial charge is 0.493 e. The average Bonchev–Trinajstić information content (AvgIpc) is 2.67. The second-order valence-electron chi connectivity index (χ2n) is 6.41. The van der Waals surface area contributed by atoms with Crippen molar-refractivity contribution in [3.8, 4) is 11.5 Å². The summed E-state index contributed by atoms with van der Waals surface area (Å²) in [5.74, 6) is 1.42. The molecule has 1 heterocycles. The summed E-state index contributed by atoms with van der Waals surface area (Å²) in [7, 11) is 1.63. The summed E-state index contributed by atoms with van der Waals surface area (Å²) < 4.78 is 11.1. The van der Waals surface area contributed by atoms with Crippen LogP contribution in [0.25, 0.3) is 0 Å². The van der Waals surface area contributed by atoms with E-state index in [1.807, 2.05) is 54.3 Å². The highest BCUT2D eigenvalue weighted by Gasteiger charge is 2.35. The van der Waals surface area contributed by atoms with Crippen LogP contribution in [-0.2, 0) is 0 Å². The highest BCUT2D eigenvalue weighted by Crippen LogP contribution is 2.38. The summed E-state index contributed by atoms with van der Waals surface area (Å²) in [5.41, 5.74) is 2.54. The third-order valence-corrected chi connectivity index (χ3v) is 4.83. The fourth-order valence-corrected chi connectivity index (χ4v) is 3.30. The minimum Gasteiger partial charge on any atom is -0.493 e. The van der Waals surface area contributed by atoms with Gasteiger partial charge in [-0.2, -0.15) is 0 Å². The van der Waals surface area contributed by atoms with E-state index in [0.29, 0.717) is 23.7 Å². The van der Waals surface area contributed by atoms with Gasteiger partial charge in [-0.1, -0.05) is 25.1 Å². The van der Waals surface area contributed by atoms with E-state index >= 15 is 0 Å². The number of para-hydroxylation sites is 1. The van der Waals surface area contributed by atoms with Gasteiger partial charge in [-0.25, -0.2) is 0 Å². The summed E-state index contributed by atoms with van der Waals surface area (Å²) in [5, 5.41) is 3.52. The van der Waals surface area contributed by atoms with Crippen molar-refractivity contribution in [2.24, 2.45) is 0 Å². The molecule has 2 aromatic carbocycles. The van der Waals surface area contributed by atoms with E-state index in [0.717, 1.165) is 17.7 Å². The van der Waals surface area contributed by atoms with Crippen LogP contribution in [0, 0.1) is 0 Å². The first-order valence-electron chi connectivity index (χ1n) is 9.09. The van der Waals surface area contributed by atoms with E-state index in [1.165, 1.54) is 0 Å². The number of methoxy groups -OCH3 is 1. The molecular formula is C21H26N2O3. The molecular weight excluding hydrogens is 328 g/mol. The number of carbonyl (C=O) groups is 1. The number of hydrogen-bond acceptors (Lipinski definition) is 4. The van der Waals surface area contributed by atoms with Gasteiger partial charge in [0.15, 0.2) is 11.5 Å². The Kier molecular flexibility index (Phi) is 5.35. The second-order valence-corrected chi connectivity index (χ2v) is 6.41. The van der Waals surface area contributed by atoms with Gasteiger partial charge in [0.25, 0.3) is 5.91 Å². The van der Waals surface area contributed by atoms with Crippen LogP contribution in [0.1, 0.15) is 49.3 Å². The maximum Gasteiger partial charge on any atom is 0.258 e. The van der Waals surface area contributed by atoms with Crippen LogP contribution in [0.4, 0.5) is 5.69 Å². The molecule has 1 aliphatic rings. The van der Waals surface area contributed by atoms with Gasteiger partial charge in [0.1, 0.15) is 6.17 Å². The smallest absolute Gasteiger partial charge is 0.258 e. The molecule has 0 bridgehead atoms. The Balaban J connectivity index is 2.06. The number of nitrogens with one attached hydrogen (secondary N) is 1. The lowest BCUT2D eigenvalue weighted by Gasteiger charge is -2.41. The number of ether oxygens (including phenoxy) is 2. The Morgan fingerprint density at radius 2 is 1.92 bits per heavy atom. The van der Waals surface area contributed by atoms with Gasteiger partial charge in [0.2, 0.25) is 0 Å². The maximum absolute atomic E-state index is 13.2. The number of amides is 1. The first kappa shape index (κ1) is 18.1. The van der Waals surface area contributed by atoms with E-state index in [9.17, 15) is 4.79 Å². The molecule has 1 N–H and O–H groups in total. The van der Waals surface area contributed by atoms with Gasteiger partial charge in [-0.3, -0.25) is 4.79 Å². The van der Waals surface area contributed by atoms with Gasteiger partial charge < -0.3 is 19.7 Å². The van der Waals surface area contributed by atoms with Gasteiger partial charge in [-0.05, 0) is 50.1 Å². The molecule has 26 heavy (non-hydrogen) atoms. The average molecular weight is 354 g/mol. The van der Waals surface area contributed by atoms with Crippen molar-refractivity contribution >= 4 is 11.6 Å². The Morgan fingerprint density at radius 3 is 2.62 bits per heavy atom. The summed E-state index contributed by atoms with van der Waals surface area (Å²) in [6, 6.07) is 13.6. The molecule has 0 radical (unpaired) electrons. The Labute approximate surface area is 154 Å². The molecule has 1 aliphatic heterocycles. The molecule has 0 fully saturated rings. The van der Waals surface area contributed by atoms with Crippen LogP contribution in [0.2, 0.25) is 0 Å². The highest BCUT2D eigenvalue weighted by atomic mass is 16.5. The van der Waals surface area contributed by atoms with Crippen LogP contribution >= 0.6 is 0 Å². The molecule has 3 rings (SSSR count). The zero-order valence-corrected chi connectivity index (χ0v) is 15.8. The molecule has 0 spiro atoms. The number of benzene rings is 2. The molecule has 5 nitrogen and oxygen atoms in total. The predicted octanol–water partition coefficient (Wildman–Crippen LogP) is 4.46. The van der Waals surface area contributed by atoms with Crippen LogP contribution in [0.5, 0.6) is 11.5 Å². The van der Waals surface area contributed by atoms with Crippen molar-refractivity contribution in [2.75, 3.05) is 19.0 Å². The van der Waals surface area contributed by atoms with E-state index in [-0.39, 0.29) is 18.1 Å². The van der Waals surface area contributed by atoms with Crippen molar-refractivity contribution in [3.05, 3.63) is 53.6 Å². The monoisotopic (exact) mass is 354 g/mol. The zero-order valence-electron chi connectivity index (χ0n) is 15.8. The lowest BCUT2D eigenvalue weighted by Crippen LogP contribution is -2.47. The number of rotatable bonds is 6. The fraction of sp³-hybridized carbons (Fsp3) is 0.381. The lowest BCUT2D eigenvalue weighted by molar-refractivity contribution is 0.0593. The summed E-state index contributed by atoms with van der Waals surface area (Å²) in [4.78, 5) is 15.1. The highest BCUT2D eigenvalue weighted by molar-refractivity contribution is 6.01. The summed E-state index contributed by atoms with van der Waals surface area (Å²) in [6.07, 6.45) is 0.623. The minimum absolute atomic E-state index is 0.0486. The topological polar surface area (TPSA) is 50.8 Å². The van der Waals surface area contributed by atoms with Crippen LogP contribution in [0.3, 0.4) is 0 Å². The maximum atomic E-state index is 13.2. The van der Waals surface area contributed by atoms with Crippen molar-refractivity contribution in [1.82, 2.24) is 4.90 Å². The minimum atomic E-state index is -0.252. The van der Waals surface area contributed by atoms with Crippen LogP contribution < -0.4 is 14.8 Å². The Hall–Kier alpha value is -2.69. The molecule has 0 saturated heterocycles. The van der Waals surface area contributed by atoms with Gasteiger partial charge in [0.05, 0.1) is 19.3 Å². The Bertz CT molecular complexity index is 791. The van der Waals surface area contributed by atoms with Gasteiger partial charge in [0, 0.05) is 11.7 Å². The molecule has 0 aromatic heterocycles. The molecule has 5 heteroatoms. The third-order valence-electron chi connectivity index (χ3n) is 4.83. The first-order chi connectivity index (χ1) is 12.6.